The van der Waals surface area contributed by atoms with Crippen LogP contribution in [0.5, 0.6) is 0 Å². The topological polar surface area (TPSA) is 155 Å². The third-order valence-electron chi connectivity index (χ3n) is 4.28. The Balaban J connectivity index is 2.13. The molecule has 1 atom stereocenters. The van der Waals surface area contributed by atoms with E-state index in [0.29, 0.717) is 6.42 Å². The number of aryl methyl sites for hydroxylation is 1. The highest BCUT2D eigenvalue weighted by molar-refractivity contribution is 8.00. The van der Waals surface area contributed by atoms with Crippen molar-refractivity contribution in [3.05, 3.63) is 48.8 Å². The number of nitrogens with zero attached hydrogens (tertiary/aromatic N) is 4. The van der Waals surface area contributed by atoms with Gasteiger partial charge >= 0.3 is 17.5 Å². The summed E-state index contributed by atoms with van der Waals surface area (Å²) in [6.45, 7) is 3.66. The van der Waals surface area contributed by atoms with Crippen LogP contribution in [0.3, 0.4) is 0 Å². The van der Waals surface area contributed by atoms with Crippen molar-refractivity contribution in [3.63, 3.8) is 0 Å². The molecule has 12 nitrogen and oxygen atoms in total. The number of carbonyl (C=O) groups is 1. The maximum absolute atomic E-state index is 12.5. The molecule has 160 valence electrons. The SMILES string of the molecule is CCOC(=O)C(CC)Sc1nc2c(c(=O)[nH]c(=O)n2C)n1Cc1ccc([N+](=O)[O-])o1. The number of H-pyrrole nitrogens is 1. The summed E-state index contributed by atoms with van der Waals surface area (Å²) in [5.74, 6) is -0.664. The first-order valence-corrected chi connectivity index (χ1v) is 9.90. The lowest BCUT2D eigenvalue weighted by Crippen LogP contribution is -2.29. The maximum Gasteiger partial charge on any atom is 0.433 e. The summed E-state index contributed by atoms with van der Waals surface area (Å²) in [7, 11) is 1.45. The molecule has 3 rings (SSSR count). The van der Waals surface area contributed by atoms with Gasteiger partial charge in [0.25, 0.3) is 5.56 Å². The summed E-state index contributed by atoms with van der Waals surface area (Å²) in [5, 5.41) is 10.6. The first-order valence-electron chi connectivity index (χ1n) is 9.02. The molecule has 0 bridgehead atoms. The molecule has 0 spiro atoms. The molecular formula is C17H19N5O7S. The van der Waals surface area contributed by atoms with Crippen molar-refractivity contribution in [2.45, 2.75) is 37.2 Å². The zero-order valence-corrected chi connectivity index (χ0v) is 17.2. The van der Waals surface area contributed by atoms with Gasteiger partial charge in [-0.2, -0.15) is 0 Å². The second-order valence-corrected chi connectivity index (χ2v) is 7.40. The van der Waals surface area contributed by atoms with Crippen LogP contribution in [0.2, 0.25) is 0 Å². The van der Waals surface area contributed by atoms with Gasteiger partial charge in [-0.15, -0.1) is 0 Å². The van der Waals surface area contributed by atoms with Crippen LogP contribution >= 0.6 is 11.8 Å². The predicted molar refractivity (Wildman–Crippen MR) is 107 cm³/mol. The molecule has 0 radical (unpaired) electrons. The van der Waals surface area contributed by atoms with Gasteiger partial charge in [0.1, 0.15) is 15.9 Å². The largest absolute Gasteiger partial charge is 0.465 e. The van der Waals surface area contributed by atoms with Gasteiger partial charge in [-0.3, -0.25) is 29.3 Å². The number of hydrogen-bond donors (Lipinski definition) is 1. The van der Waals surface area contributed by atoms with Crippen molar-refractivity contribution in [1.29, 1.82) is 0 Å². The lowest BCUT2D eigenvalue weighted by molar-refractivity contribution is -0.402. The number of imidazole rings is 1. The molecule has 3 heterocycles. The minimum atomic E-state index is -0.671. The Hall–Kier alpha value is -3.35. The molecule has 1 N–H and O–H groups in total. The van der Waals surface area contributed by atoms with E-state index in [0.717, 1.165) is 11.8 Å². The maximum atomic E-state index is 12.5. The van der Waals surface area contributed by atoms with Crippen LogP contribution in [-0.2, 0) is 23.1 Å². The first kappa shape index (κ1) is 21.4. The number of nitrogens with one attached hydrogen (secondary N) is 1. The van der Waals surface area contributed by atoms with E-state index in [1.807, 2.05) is 0 Å². The predicted octanol–water partition coefficient (Wildman–Crippen LogP) is 1.41. The number of esters is 1. The Bertz CT molecular complexity index is 1220. The van der Waals surface area contributed by atoms with Crippen molar-refractivity contribution in [2.24, 2.45) is 7.05 Å². The van der Waals surface area contributed by atoms with Crippen molar-refractivity contribution in [3.8, 4) is 0 Å². The molecular weight excluding hydrogens is 418 g/mol. The Labute approximate surface area is 173 Å². The lowest BCUT2D eigenvalue weighted by atomic mass is 10.3. The quantitative estimate of drug-likeness (QED) is 0.238. The minimum absolute atomic E-state index is 0.0623. The van der Waals surface area contributed by atoms with Crippen LogP contribution in [0.25, 0.3) is 11.2 Å². The van der Waals surface area contributed by atoms with Crippen LogP contribution < -0.4 is 11.2 Å². The molecule has 0 fully saturated rings. The van der Waals surface area contributed by atoms with Gasteiger partial charge in [-0.25, -0.2) is 9.78 Å². The fraction of sp³-hybridized carbons (Fsp3) is 0.412. The number of rotatable bonds is 8. The average Bonchev–Trinajstić information content (AvgIpc) is 3.30. The highest BCUT2D eigenvalue weighted by atomic mass is 32.2. The minimum Gasteiger partial charge on any atom is -0.465 e. The second-order valence-electron chi connectivity index (χ2n) is 6.23. The zero-order chi connectivity index (χ0) is 22.0. The average molecular weight is 437 g/mol. The number of furan rings is 1. The van der Waals surface area contributed by atoms with E-state index in [1.54, 1.807) is 13.8 Å². The molecule has 0 aliphatic heterocycles. The number of hydrogen-bond acceptors (Lipinski definition) is 9. The number of ether oxygens (including phenoxy) is 1. The monoisotopic (exact) mass is 437 g/mol. The van der Waals surface area contributed by atoms with Crippen LogP contribution in [0.15, 0.2) is 31.3 Å². The number of thioether (sulfide) groups is 1. The highest BCUT2D eigenvalue weighted by Crippen LogP contribution is 2.29. The van der Waals surface area contributed by atoms with E-state index >= 15 is 0 Å². The number of fused-ring (bicyclic) bond motifs is 1. The van der Waals surface area contributed by atoms with Gasteiger partial charge in [0, 0.05) is 7.05 Å². The molecule has 0 aromatic carbocycles. The van der Waals surface area contributed by atoms with Crippen LogP contribution in [0.4, 0.5) is 5.88 Å². The fourth-order valence-corrected chi connectivity index (χ4v) is 3.83. The van der Waals surface area contributed by atoms with Gasteiger partial charge in [0.2, 0.25) is 0 Å². The Morgan fingerprint density at radius 3 is 2.73 bits per heavy atom. The van der Waals surface area contributed by atoms with Gasteiger partial charge in [0.15, 0.2) is 16.3 Å². The summed E-state index contributed by atoms with van der Waals surface area (Å²) < 4.78 is 12.9. The van der Waals surface area contributed by atoms with Crippen molar-refractivity contribution in [2.75, 3.05) is 6.61 Å². The van der Waals surface area contributed by atoms with E-state index in [1.165, 1.54) is 28.3 Å². The Kier molecular flexibility index (Phi) is 6.10. The molecule has 1 unspecified atom stereocenters. The van der Waals surface area contributed by atoms with Crippen LogP contribution in [0.1, 0.15) is 26.0 Å². The zero-order valence-electron chi connectivity index (χ0n) is 16.4. The first-order chi connectivity index (χ1) is 14.3. The van der Waals surface area contributed by atoms with E-state index in [9.17, 15) is 24.5 Å². The summed E-state index contributed by atoms with van der Waals surface area (Å²) >= 11 is 1.08. The van der Waals surface area contributed by atoms with Crippen LogP contribution in [-0.4, -0.2) is 41.9 Å². The molecule has 0 aliphatic rings. The van der Waals surface area contributed by atoms with Gasteiger partial charge < -0.3 is 13.7 Å². The Morgan fingerprint density at radius 1 is 1.40 bits per heavy atom. The summed E-state index contributed by atoms with van der Waals surface area (Å²) in [6.07, 6.45) is 0.439. The lowest BCUT2D eigenvalue weighted by Gasteiger charge is -2.13. The molecule has 0 amide bonds. The van der Waals surface area contributed by atoms with E-state index < -0.39 is 33.3 Å². The summed E-state index contributed by atoms with van der Waals surface area (Å²) in [4.78, 5) is 53.5. The molecule has 3 aromatic heterocycles. The number of aromatic amines is 1. The van der Waals surface area contributed by atoms with Gasteiger partial charge in [0.05, 0.1) is 19.2 Å². The smallest absolute Gasteiger partial charge is 0.433 e. The number of nitro groups is 1. The van der Waals surface area contributed by atoms with Gasteiger partial charge in [-0.1, -0.05) is 18.7 Å². The summed E-state index contributed by atoms with van der Waals surface area (Å²) in [6, 6.07) is 2.62. The van der Waals surface area contributed by atoms with Gasteiger partial charge in [-0.05, 0) is 19.4 Å². The molecule has 0 aliphatic carbocycles. The fourth-order valence-electron chi connectivity index (χ4n) is 2.82. The van der Waals surface area contributed by atoms with Crippen LogP contribution in [0, 0.1) is 10.1 Å². The molecule has 13 heteroatoms. The highest BCUT2D eigenvalue weighted by Gasteiger charge is 2.26. The number of aromatic nitrogens is 4. The summed E-state index contributed by atoms with van der Waals surface area (Å²) in [5.41, 5.74) is -1.11. The molecule has 0 saturated heterocycles. The van der Waals surface area contributed by atoms with E-state index in [-0.39, 0.29) is 35.2 Å². The van der Waals surface area contributed by atoms with Crippen molar-refractivity contribution in [1.82, 2.24) is 19.1 Å². The van der Waals surface area contributed by atoms with E-state index in [4.69, 9.17) is 9.15 Å². The van der Waals surface area contributed by atoms with E-state index in [2.05, 4.69) is 9.97 Å². The van der Waals surface area contributed by atoms with Crippen molar-refractivity contribution >= 4 is 34.8 Å². The number of carbonyl (C=O) groups excluding carboxylic acids is 1. The standard InChI is InChI=1S/C17H19N5O7S/c1-4-10(15(24)28-5-2)30-17-18-13-12(14(23)19-16(25)20(13)3)21(17)8-9-6-7-11(29-9)22(26)27/h6-7,10H,4-5,8H2,1-3H3,(H,19,23,25). The van der Waals surface area contributed by atoms with Crippen molar-refractivity contribution < 1.29 is 18.9 Å². The molecule has 30 heavy (non-hydrogen) atoms. The third kappa shape index (κ3) is 4.01. The molecule has 0 saturated carbocycles. The molecule has 3 aromatic rings. The Morgan fingerprint density at radius 2 is 2.13 bits per heavy atom. The normalized spacial score (nSPS) is 12.2. The second kappa shape index (κ2) is 8.57. The third-order valence-corrected chi connectivity index (χ3v) is 5.61.